The second-order valence-electron chi connectivity index (χ2n) is 5.43. The average molecular weight is 340 g/mol. The molecule has 0 aliphatic heterocycles. The Bertz CT molecular complexity index is 879. The van der Waals surface area contributed by atoms with Crippen LogP contribution in [0.2, 0.25) is 0 Å². The van der Waals surface area contributed by atoms with Crippen molar-refractivity contribution in [2.24, 2.45) is 0 Å². The summed E-state index contributed by atoms with van der Waals surface area (Å²) < 4.78 is 19.9. The van der Waals surface area contributed by atoms with Crippen molar-refractivity contribution in [3.8, 4) is 11.6 Å². The minimum absolute atomic E-state index is 0.160. The number of benzene rings is 1. The molecule has 6 nitrogen and oxygen atoms in total. The Morgan fingerprint density at radius 1 is 1.28 bits per heavy atom. The molecular weight excluding hydrogens is 323 g/mol. The van der Waals surface area contributed by atoms with E-state index >= 15 is 0 Å². The van der Waals surface area contributed by atoms with E-state index in [-0.39, 0.29) is 5.75 Å². The first kappa shape index (κ1) is 16.6. The van der Waals surface area contributed by atoms with Gasteiger partial charge in [-0.1, -0.05) is 12.1 Å². The number of halogens is 1. The lowest BCUT2D eigenvalue weighted by atomic mass is 10.2. The zero-order chi connectivity index (χ0) is 17.6. The van der Waals surface area contributed by atoms with Crippen molar-refractivity contribution in [2.45, 2.75) is 13.3 Å². The summed E-state index contributed by atoms with van der Waals surface area (Å²) >= 11 is 0. The minimum Gasteiger partial charge on any atom is -0.410 e. The highest BCUT2D eigenvalue weighted by atomic mass is 19.1. The molecule has 0 spiro atoms. The fraction of sp³-hybridized carbons (Fsp3) is 0.167. The van der Waals surface area contributed by atoms with E-state index < -0.39 is 11.9 Å². The third-order valence-electron chi connectivity index (χ3n) is 3.43. The fourth-order valence-corrected chi connectivity index (χ4v) is 2.26. The van der Waals surface area contributed by atoms with Gasteiger partial charge < -0.3 is 10.1 Å². The van der Waals surface area contributed by atoms with Crippen LogP contribution in [0.15, 0.2) is 55.0 Å². The van der Waals surface area contributed by atoms with Crippen LogP contribution in [0.5, 0.6) is 5.75 Å². The molecule has 2 heterocycles. The van der Waals surface area contributed by atoms with Gasteiger partial charge in [0.2, 0.25) is 0 Å². The molecule has 25 heavy (non-hydrogen) atoms. The van der Waals surface area contributed by atoms with Crippen molar-refractivity contribution in [3.05, 3.63) is 72.2 Å². The Morgan fingerprint density at radius 2 is 2.12 bits per heavy atom. The Kier molecular flexibility index (Phi) is 5.03. The van der Waals surface area contributed by atoms with Crippen LogP contribution in [-0.4, -0.2) is 27.2 Å². The number of aryl methyl sites for hydroxylation is 1. The summed E-state index contributed by atoms with van der Waals surface area (Å²) in [6.45, 7) is 2.27. The van der Waals surface area contributed by atoms with Gasteiger partial charge in [0.25, 0.3) is 0 Å². The van der Waals surface area contributed by atoms with E-state index in [0.717, 1.165) is 23.3 Å². The highest BCUT2D eigenvalue weighted by molar-refractivity contribution is 5.70. The van der Waals surface area contributed by atoms with Crippen molar-refractivity contribution in [1.29, 1.82) is 0 Å². The van der Waals surface area contributed by atoms with E-state index in [2.05, 4.69) is 15.3 Å². The number of imidazole rings is 1. The van der Waals surface area contributed by atoms with Gasteiger partial charge in [0, 0.05) is 30.9 Å². The van der Waals surface area contributed by atoms with Crippen molar-refractivity contribution < 1.29 is 13.9 Å². The normalized spacial score (nSPS) is 10.5. The van der Waals surface area contributed by atoms with Gasteiger partial charge in [-0.3, -0.25) is 4.57 Å². The van der Waals surface area contributed by atoms with Crippen LogP contribution in [0.3, 0.4) is 0 Å². The van der Waals surface area contributed by atoms with Gasteiger partial charge in [-0.15, -0.1) is 0 Å². The Balaban J connectivity index is 1.53. The number of amides is 1. The van der Waals surface area contributed by atoms with Gasteiger partial charge in [0.15, 0.2) is 0 Å². The van der Waals surface area contributed by atoms with Crippen LogP contribution in [0.4, 0.5) is 9.18 Å². The molecule has 0 aliphatic rings. The lowest BCUT2D eigenvalue weighted by molar-refractivity contribution is 0.200. The zero-order valence-corrected chi connectivity index (χ0v) is 13.6. The molecular formula is C18H17FN4O2. The van der Waals surface area contributed by atoms with E-state index in [1.54, 1.807) is 6.33 Å². The van der Waals surface area contributed by atoms with Crippen molar-refractivity contribution >= 4 is 6.09 Å². The number of carbonyl (C=O) groups is 1. The second-order valence-corrected chi connectivity index (χ2v) is 5.43. The highest BCUT2D eigenvalue weighted by Crippen LogP contribution is 2.12. The van der Waals surface area contributed by atoms with Gasteiger partial charge in [0.05, 0.1) is 5.69 Å². The average Bonchev–Trinajstić information content (AvgIpc) is 3.02. The van der Waals surface area contributed by atoms with Crippen molar-refractivity contribution in [1.82, 2.24) is 19.9 Å². The molecule has 0 saturated heterocycles. The molecule has 0 radical (unpaired) electrons. The Labute approximate surface area is 144 Å². The minimum atomic E-state index is -0.632. The largest absolute Gasteiger partial charge is 0.412 e. The molecule has 1 amide bonds. The van der Waals surface area contributed by atoms with Crippen LogP contribution < -0.4 is 10.1 Å². The smallest absolute Gasteiger partial charge is 0.410 e. The van der Waals surface area contributed by atoms with E-state index in [4.69, 9.17) is 4.74 Å². The third-order valence-corrected chi connectivity index (χ3v) is 3.43. The fourth-order valence-electron chi connectivity index (χ4n) is 2.26. The number of nitrogens with one attached hydrogen (secondary N) is 1. The van der Waals surface area contributed by atoms with Gasteiger partial charge in [-0.05, 0) is 31.2 Å². The second kappa shape index (κ2) is 7.57. The van der Waals surface area contributed by atoms with Crippen LogP contribution in [0, 0.1) is 12.7 Å². The first-order chi connectivity index (χ1) is 12.1. The number of rotatable bonds is 5. The van der Waals surface area contributed by atoms with E-state index in [0.29, 0.717) is 13.0 Å². The molecule has 3 aromatic rings. The lowest BCUT2D eigenvalue weighted by Gasteiger charge is -2.07. The molecule has 3 rings (SSSR count). The molecule has 128 valence electrons. The molecule has 0 fully saturated rings. The third kappa shape index (κ3) is 4.63. The lowest BCUT2D eigenvalue weighted by Crippen LogP contribution is -2.29. The summed E-state index contributed by atoms with van der Waals surface area (Å²) in [6.07, 6.45) is 3.50. The maximum Gasteiger partial charge on any atom is 0.412 e. The first-order valence-electron chi connectivity index (χ1n) is 7.78. The molecule has 0 saturated carbocycles. The molecule has 7 heteroatoms. The van der Waals surface area contributed by atoms with Crippen LogP contribution >= 0.6 is 0 Å². The predicted octanol–water partition coefficient (Wildman–Crippen LogP) is 3.05. The van der Waals surface area contributed by atoms with Crippen LogP contribution in [0.25, 0.3) is 5.82 Å². The van der Waals surface area contributed by atoms with Gasteiger partial charge in [-0.2, -0.15) is 0 Å². The molecule has 0 unspecified atom stereocenters. The van der Waals surface area contributed by atoms with Crippen LogP contribution in [-0.2, 0) is 6.42 Å². The van der Waals surface area contributed by atoms with Crippen molar-refractivity contribution in [3.63, 3.8) is 0 Å². The zero-order valence-electron chi connectivity index (χ0n) is 13.6. The number of aromatic nitrogens is 3. The number of carbonyl (C=O) groups excluding carboxylic acids is 1. The molecule has 1 aromatic carbocycles. The van der Waals surface area contributed by atoms with Gasteiger partial charge in [0.1, 0.15) is 23.7 Å². The molecule has 0 aliphatic carbocycles. The van der Waals surface area contributed by atoms with E-state index in [1.807, 2.05) is 35.9 Å². The maximum atomic E-state index is 13.0. The summed E-state index contributed by atoms with van der Waals surface area (Å²) in [5.74, 6) is 0.467. The summed E-state index contributed by atoms with van der Waals surface area (Å²) in [7, 11) is 0. The quantitative estimate of drug-likeness (QED) is 0.775. The first-order valence-corrected chi connectivity index (χ1v) is 7.78. The summed E-state index contributed by atoms with van der Waals surface area (Å²) in [6, 6.07) is 11.1. The van der Waals surface area contributed by atoms with Gasteiger partial charge >= 0.3 is 6.09 Å². The topological polar surface area (TPSA) is 69.0 Å². The number of nitrogens with zero attached hydrogens (tertiary/aromatic N) is 3. The number of ether oxygens (including phenoxy) is 1. The highest BCUT2D eigenvalue weighted by Gasteiger charge is 2.06. The molecule has 0 bridgehead atoms. The number of hydrogen-bond donors (Lipinski definition) is 1. The molecule has 1 N–H and O–H groups in total. The van der Waals surface area contributed by atoms with E-state index in [9.17, 15) is 9.18 Å². The summed E-state index contributed by atoms with van der Waals surface area (Å²) in [5.41, 5.74) is 1.74. The summed E-state index contributed by atoms with van der Waals surface area (Å²) in [4.78, 5) is 20.4. The van der Waals surface area contributed by atoms with Gasteiger partial charge in [-0.25, -0.2) is 19.2 Å². The van der Waals surface area contributed by atoms with Crippen LogP contribution in [0.1, 0.15) is 11.4 Å². The van der Waals surface area contributed by atoms with Crippen molar-refractivity contribution in [2.75, 3.05) is 6.54 Å². The molecule has 0 atom stereocenters. The Hall–Kier alpha value is -3.22. The maximum absolute atomic E-state index is 13.0. The predicted molar refractivity (Wildman–Crippen MR) is 90.2 cm³/mol. The number of hydrogen-bond acceptors (Lipinski definition) is 4. The number of pyridine rings is 1. The Morgan fingerprint density at radius 3 is 2.88 bits per heavy atom. The monoisotopic (exact) mass is 340 g/mol. The standard InChI is InChI=1S/C18H17FN4O2/c1-13-11-23(12-21-13)17-7-3-5-15(22-17)8-9-20-18(24)25-16-6-2-4-14(19)10-16/h2-7,10-12H,8-9H2,1H3,(H,20,24). The van der Waals surface area contributed by atoms with E-state index in [1.165, 1.54) is 18.2 Å². The SMILES string of the molecule is Cc1cn(-c2cccc(CCNC(=O)Oc3cccc(F)c3)n2)cn1. The summed E-state index contributed by atoms with van der Waals surface area (Å²) in [5, 5.41) is 2.62. The molecule has 2 aromatic heterocycles.